The normalized spacial score (nSPS) is 43.0. The lowest BCUT2D eigenvalue weighted by atomic mass is 9.97. The van der Waals surface area contributed by atoms with E-state index >= 15 is 0 Å². The maximum Gasteiger partial charge on any atom is 0.0780 e. The zero-order chi connectivity index (χ0) is 9.19. The summed E-state index contributed by atoms with van der Waals surface area (Å²) in [5, 5.41) is 3.50. The van der Waals surface area contributed by atoms with E-state index in [9.17, 15) is 0 Å². The Morgan fingerprint density at radius 2 is 2.17 bits per heavy atom. The van der Waals surface area contributed by atoms with Crippen molar-refractivity contribution in [3.63, 3.8) is 0 Å². The summed E-state index contributed by atoms with van der Waals surface area (Å²) in [6.45, 7) is 9.74. The van der Waals surface area contributed by atoms with Crippen molar-refractivity contribution in [2.24, 2.45) is 0 Å². The molecule has 0 amide bonds. The van der Waals surface area contributed by atoms with Gasteiger partial charge in [-0.2, -0.15) is 0 Å². The van der Waals surface area contributed by atoms with Crippen molar-refractivity contribution in [3.8, 4) is 0 Å². The molecule has 2 nitrogen and oxygen atoms in total. The van der Waals surface area contributed by atoms with Gasteiger partial charge < -0.3 is 10.1 Å². The van der Waals surface area contributed by atoms with E-state index in [1.54, 1.807) is 0 Å². The van der Waals surface area contributed by atoms with Gasteiger partial charge in [-0.3, -0.25) is 0 Å². The minimum atomic E-state index is 0.0627. The largest absolute Gasteiger partial charge is 0.369 e. The molecule has 0 bridgehead atoms. The Balaban J connectivity index is 2.55. The zero-order valence-electron chi connectivity index (χ0n) is 8.68. The van der Waals surface area contributed by atoms with Gasteiger partial charge in [-0.15, -0.1) is 0 Å². The topological polar surface area (TPSA) is 21.3 Å². The first-order valence-electron chi connectivity index (χ1n) is 5.02. The monoisotopic (exact) mass is 171 g/mol. The Bertz CT molecular complexity index is 149. The molecule has 1 N–H and O–H groups in total. The zero-order valence-corrected chi connectivity index (χ0v) is 8.68. The highest BCUT2D eigenvalue weighted by atomic mass is 16.5. The number of hydrogen-bond acceptors (Lipinski definition) is 2. The fourth-order valence-corrected chi connectivity index (χ4v) is 1.66. The number of morpholine rings is 1. The predicted octanol–water partition coefficient (Wildman–Crippen LogP) is 1.94. The molecule has 0 aromatic heterocycles. The maximum atomic E-state index is 6.02. The van der Waals surface area contributed by atoms with Crippen LogP contribution in [0.1, 0.15) is 40.5 Å². The molecule has 3 atom stereocenters. The first-order chi connectivity index (χ1) is 5.61. The van der Waals surface area contributed by atoms with Gasteiger partial charge in [0.05, 0.1) is 11.7 Å². The van der Waals surface area contributed by atoms with E-state index in [-0.39, 0.29) is 5.60 Å². The highest BCUT2D eigenvalue weighted by molar-refractivity contribution is 4.88. The standard InChI is InChI=1S/C10H21NO/c1-5-9-8(3)11-7-10(4,6-2)12-9/h8-9,11H,5-7H2,1-4H3. The smallest absolute Gasteiger partial charge is 0.0780 e. The number of hydrogen-bond donors (Lipinski definition) is 1. The molecule has 0 saturated carbocycles. The predicted molar refractivity (Wildman–Crippen MR) is 51.3 cm³/mol. The average Bonchev–Trinajstić information content (AvgIpc) is 2.10. The molecule has 1 rings (SSSR count). The molecule has 1 fully saturated rings. The van der Waals surface area contributed by atoms with Crippen molar-refractivity contribution in [1.82, 2.24) is 5.32 Å². The molecule has 0 aromatic carbocycles. The molecule has 72 valence electrons. The van der Waals surface area contributed by atoms with Crippen LogP contribution in [-0.2, 0) is 4.74 Å². The molecule has 2 heteroatoms. The highest BCUT2D eigenvalue weighted by Crippen LogP contribution is 2.23. The first-order valence-corrected chi connectivity index (χ1v) is 5.02. The van der Waals surface area contributed by atoms with Gasteiger partial charge in [-0.25, -0.2) is 0 Å². The van der Waals surface area contributed by atoms with Crippen LogP contribution in [0, 0.1) is 0 Å². The second-order valence-corrected chi connectivity index (χ2v) is 4.04. The SMILES string of the molecule is CCC1OC(C)(CC)CNC1C. The Kier molecular flexibility index (Phi) is 3.13. The fourth-order valence-electron chi connectivity index (χ4n) is 1.66. The summed E-state index contributed by atoms with van der Waals surface area (Å²) in [6.07, 6.45) is 2.58. The van der Waals surface area contributed by atoms with Crippen LogP contribution in [-0.4, -0.2) is 24.3 Å². The van der Waals surface area contributed by atoms with Gasteiger partial charge in [0, 0.05) is 12.6 Å². The summed E-state index contributed by atoms with van der Waals surface area (Å²) >= 11 is 0. The van der Waals surface area contributed by atoms with Crippen LogP contribution in [0.15, 0.2) is 0 Å². The van der Waals surface area contributed by atoms with E-state index in [4.69, 9.17) is 4.74 Å². The summed E-state index contributed by atoms with van der Waals surface area (Å²) in [5.41, 5.74) is 0.0627. The van der Waals surface area contributed by atoms with Crippen LogP contribution >= 0.6 is 0 Å². The van der Waals surface area contributed by atoms with Crippen LogP contribution in [0.5, 0.6) is 0 Å². The lowest BCUT2D eigenvalue weighted by Crippen LogP contribution is -2.56. The van der Waals surface area contributed by atoms with Gasteiger partial charge in [0.2, 0.25) is 0 Å². The van der Waals surface area contributed by atoms with Crippen molar-refractivity contribution >= 4 is 0 Å². The Hall–Kier alpha value is -0.0800. The summed E-state index contributed by atoms with van der Waals surface area (Å²) in [6, 6.07) is 0.509. The molecule has 1 heterocycles. The van der Waals surface area contributed by atoms with Gasteiger partial charge in [0.15, 0.2) is 0 Å². The summed E-state index contributed by atoms with van der Waals surface area (Å²) in [7, 11) is 0. The van der Waals surface area contributed by atoms with Crippen molar-refractivity contribution in [2.75, 3.05) is 6.54 Å². The van der Waals surface area contributed by atoms with E-state index in [2.05, 4.69) is 33.0 Å². The molecule has 0 radical (unpaired) electrons. The minimum absolute atomic E-state index is 0.0627. The van der Waals surface area contributed by atoms with Crippen LogP contribution in [0.4, 0.5) is 0 Å². The van der Waals surface area contributed by atoms with E-state index in [0.717, 1.165) is 19.4 Å². The number of nitrogens with one attached hydrogen (secondary N) is 1. The minimum Gasteiger partial charge on any atom is -0.369 e. The summed E-state index contributed by atoms with van der Waals surface area (Å²) in [4.78, 5) is 0. The lowest BCUT2D eigenvalue weighted by Gasteiger charge is -2.42. The van der Waals surface area contributed by atoms with Crippen molar-refractivity contribution < 1.29 is 4.74 Å². The molecule has 3 unspecified atom stereocenters. The Morgan fingerprint density at radius 3 is 2.67 bits per heavy atom. The third-order valence-electron chi connectivity index (χ3n) is 2.94. The molecule has 1 aliphatic rings. The molecule has 12 heavy (non-hydrogen) atoms. The molecule has 1 saturated heterocycles. The molecular formula is C10H21NO. The Labute approximate surface area is 75.7 Å². The second-order valence-electron chi connectivity index (χ2n) is 4.04. The van der Waals surface area contributed by atoms with Crippen LogP contribution < -0.4 is 5.32 Å². The van der Waals surface area contributed by atoms with Gasteiger partial charge in [-0.05, 0) is 26.7 Å². The van der Waals surface area contributed by atoms with Crippen molar-refractivity contribution in [2.45, 2.75) is 58.3 Å². The maximum absolute atomic E-state index is 6.02. The third-order valence-corrected chi connectivity index (χ3v) is 2.94. The van der Waals surface area contributed by atoms with E-state index in [1.165, 1.54) is 0 Å². The summed E-state index contributed by atoms with van der Waals surface area (Å²) in [5.74, 6) is 0. The number of ether oxygens (including phenoxy) is 1. The van der Waals surface area contributed by atoms with Gasteiger partial charge in [0.1, 0.15) is 0 Å². The van der Waals surface area contributed by atoms with Crippen molar-refractivity contribution in [1.29, 1.82) is 0 Å². The third kappa shape index (κ3) is 1.99. The van der Waals surface area contributed by atoms with Crippen LogP contribution in [0.2, 0.25) is 0 Å². The Morgan fingerprint density at radius 1 is 1.50 bits per heavy atom. The molecule has 0 aromatic rings. The van der Waals surface area contributed by atoms with Crippen LogP contribution in [0.25, 0.3) is 0 Å². The van der Waals surface area contributed by atoms with Gasteiger partial charge in [-0.1, -0.05) is 13.8 Å². The van der Waals surface area contributed by atoms with E-state index in [1.807, 2.05) is 0 Å². The van der Waals surface area contributed by atoms with E-state index < -0.39 is 0 Å². The van der Waals surface area contributed by atoms with Crippen molar-refractivity contribution in [3.05, 3.63) is 0 Å². The van der Waals surface area contributed by atoms with E-state index in [0.29, 0.717) is 12.1 Å². The lowest BCUT2D eigenvalue weighted by molar-refractivity contribution is -0.124. The molecule has 0 spiro atoms. The molecule has 1 aliphatic heterocycles. The highest BCUT2D eigenvalue weighted by Gasteiger charge is 2.33. The fraction of sp³-hybridized carbons (Fsp3) is 1.00. The van der Waals surface area contributed by atoms with Gasteiger partial charge in [0.25, 0.3) is 0 Å². The number of rotatable bonds is 2. The van der Waals surface area contributed by atoms with Crippen LogP contribution in [0.3, 0.4) is 0 Å². The average molecular weight is 171 g/mol. The second kappa shape index (κ2) is 3.75. The molecule has 0 aliphatic carbocycles. The molecular weight excluding hydrogens is 150 g/mol. The quantitative estimate of drug-likeness (QED) is 0.685. The first kappa shape index (κ1) is 10.0. The van der Waals surface area contributed by atoms with Gasteiger partial charge >= 0.3 is 0 Å². The summed E-state index contributed by atoms with van der Waals surface area (Å²) < 4.78 is 6.02.